The van der Waals surface area contributed by atoms with Gasteiger partial charge in [0.15, 0.2) is 17.5 Å². The number of amides is 1. The van der Waals surface area contributed by atoms with Crippen LogP contribution in [0.25, 0.3) is 0 Å². The molecule has 0 aliphatic heterocycles. The first kappa shape index (κ1) is 21.4. The molecule has 3 nitrogen and oxygen atoms in total. The van der Waals surface area contributed by atoms with Crippen molar-refractivity contribution in [1.29, 1.82) is 0 Å². The molecule has 0 bridgehead atoms. The van der Waals surface area contributed by atoms with Gasteiger partial charge in [-0.1, -0.05) is 18.2 Å². The summed E-state index contributed by atoms with van der Waals surface area (Å²) in [4.78, 5) is 12.0. The Labute approximate surface area is 151 Å². The van der Waals surface area contributed by atoms with Crippen molar-refractivity contribution < 1.29 is 44.3 Å². The number of anilines is 1. The van der Waals surface area contributed by atoms with Crippen molar-refractivity contribution in [3.63, 3.8) is 0 Å². The van der Waals surface area contributed by atoms with Gasteiger partial charge < -0.3 is 10.6 Å². The van der Waals surface area contributed by atoms with Crippen LogP contribution in [0.15, 0.2) is 42.5 Å². The molecule has 0 aromatic heterocycles. The van der Waals surface area contributed by atoms with Gasteiger partial charge in [-0.2, -0.15) is 26.3 Å². The molecule has 0 aliphatic carbocycles. The lowest BCUT2D eigenvalue weighted by Gasteiger charge is -2.39. The van der Waals surface area contributed by atoms with E-state index in [1.165, 1.54) is 18.2 Å². The fraction of sp³-hybridized carbons (Fsp3) is 0.188. The fourth-order valence-electron chi connectivity index (χ4n) is 2.13. The quantitative estimate of drug-likeness (QED) is 0.429. The van der Waals surface area contributed by atoms with Gasteiger partial charge in [-0.3, -0.25) is 4.79 Å². The highest BCUT2D eigenvalue weighted by Gasteiger charge is 2.72. The number of carbonyl (C=O) groups excluding carboxylic acids is 1. The molecule has 2 N–H and O–H groups in total. The maximum Gasteiger partial charge on any atom is 0.439 e. The van der Waals surface area contributed by atoms with E-state index in [2.05, 4.69) is 0 Å². The van der Waals surface area contributed by atoms with Gasteiger partial charge in [-0.15, -0.1) is 0 Å². The second kappa shape index (κ2) is 7.24. The van der Waals surface area contributed by atoms with Crippen LogP contribution in [0.3, 0.4) is 0 Å². The molecule has 0 atom stereocenters. The van der Waals surface area contributed by atoms with E-state index in [-0.39, 0.29) is 12.1 Å². The van der Waals surface area contributed by atoms with Crippen molar-refractivity contribution >= 4 is 11.6 Å². The van der Waals surface area contributed by atoms with Crippen LogP contribution in [0.2, 0.25) is 0 Å². The SMILES string of the molecule is O=C(NC(Nc1ccc(F)c(F)c1F)(C(F)(F)F)C(F)(F)F)c1ccccc1. The Bertz CT molecular complexity index is 849. The van der Waals surface area contributed by atoms with Gasteiger partial charge in [-0.05, 0) is 24.3 Å². The van der Waals surface area contributed by atoms with Gasteiger partial charge in [-0.25, -0.2) is 13.2 Å². The van der Waals surface area contributed by atoms with Crippen LogP contribution in [0.1, 0.15) is 10.4 Å². The zero-order valence-corrected chi connectivity index (χ0v) is 13.4. The van der Waals surface area contributed by atoms with E-state index in [1.54, 1.807) is 0 Å². The third-order valence-corrected chi connectivity index (χ3v) is 3.54. The van der Waals surface area contributed by atoms with Crippen LogP contribution in [-0.2, 0) is 0 Å². The lowest BCUT2D eigenvalue weighted by Crippen LogP contribution is -2.72. The molecule has 1 amide bonds. The molecular weight excluding hydrogens is 407 g/mol. The van der Waals surface area contributed by atoms with Crippen LogP contribution in [0, 0.1) is 17.5 Å². The number of carbonyl (C=O) groups is 1. The molecule has 0 aliphatic rings. The smallest absolute Gasteiger partial charge is 0.345 e. The number of hydrogen-bond donors (Lipinski definition) is 2. The standard InChI is InChI=1S/C16H9F9N2O/c17-9-6-7-10(12(19)11(9)18)26-14(15(20,21)22,16(23,24)25)27-13(28)8-4-2-1-3-5-8/h1-7,26H,(H,27,28). The maximum absolute atomic E-state index is 13.7. The topological polar surface area (TPSA) is 41.1 Å². The summed E-state index contributed by atoms with van der Waals surface area (Å²) >= 11 is 0. The molecule has 12 heteroatoms. The molecule has 0 radical (unpaired) electrons. The molecule has 2 rings (SSSR count). The summed E-state index contributed by atoms with van der Waals surface area (Å²) in [6, 6.07) is 5.84. The molecule has 0 saturated carbocycles. The summed E-state index contributed by atoms with van der Waals surface area (Å²) in [6.07, 6.45) is -12.5. The molecule has 0 fully saturated rings. The highest BCUT2D eigenvalue weighted by atomic mass is 19.4. The Morgan fingerprint density at radius 3 is 1.79 bits per heavy atom. The molecule has 2 aromatic rings. The summed E-state index contributed by atoms with van der Waals surface area (Å²) in [5.41, 5.74) is -7.42. The maximum atomic E-state index is 13.7. The van der Waals surface area contributed by atoms with E-state index in [0.717, 1.165) is 22.8 Å². The zero-order valence-electron chi connectivity index (χ0n) is 13.4. The van der Waals surface area contributed by atoms with Crippen LogP contribution < -0.4 is 10.6 Å². The number of rotatable bonds is 4. The average molecular weight is 416 g/mol. The van der Waals surface area contributed by atoms with Crippen LogP contribution in [0.5, 0.6) is 0 Å². The first-order chi connectivity index (χ1) is 12.8. The predicted molar refractivity (Wildman–Crippen MR) is 78.7 cm³/mol. The summed E-state index contributed by atoms with van der Waals surface area (Å²) in [7, 11) is 0. The molecule has 2 aromatic carbocycles. The molecule has 28 heavy (non-hydrogen) atoms. The van der Waals surface area contributed by atoms with E-state index in [1.807, 2.05) is 0 Å². The number of halogens is 9. The van der Waals surface area contributed by atoms with E-state index >= 15 is 0 Å². The van der Waals surface area contributed by atoms with E-state index in [9.17, 15) is 44.3 Å². The second-order valence-corrected chi connectivity index (χ2v) is 5.41. The summed E-state index contributed by atoms with van der Waals surface area (Å²) in [5, 5.41) is 1.50. The minimum atomic E-state index is -6.26. The van der Waals surface area contributed by atoms with Crippen molar-refractivity contribution in [3.05, 3.63) is 65.5 Å². The Morgan fingerprint density at radius 2 is 1.29 bits per heavy atom. The van der Waals surface area contributed by atoms with Gasteiger partial charge in [0.2, 0.25) is 0 Å². The van der Waals surface area contributed by atoms with Gasteiger partial charge in [0, 0.05) is 5.56 Å². The second-order valence-electron chi connectivity index (χ2n) is 5.41. The van der Waals surface area contributed by atoms with Crippen molar-refractivity contribution in [2.45, 2.75) is 18.0 Å². The van der Waals surface area contributed by atoms with Gasteiger partial charge in [0.05, 0.1) is 5.69 Å². The largest absolute Gasteiger partial charge is 0.439 e. The number of hydrogen-bond acceptors (Lipinski definition) is 2. The Hall–Kier alpha value is -2.92. The average Bonchev–Trinajstić information content (AvgIpc) is 2.60. The first-order valence-corrected chi connectivity index (χ1v) is 7.23. The minimum absolute atomic E-state index is 0.122. The summed E-state index contributed by atoms with van der Waals surface area (Å²) < 4.78 is 121. The lowest BCUT2D eigenvalue weighted by molar-refractivity contribution is -0.294. The highest BCUT2D eigenvalue weighted by Crippen LogP contribution is 2.44. The van der Waals surface area contributed by atoms with Gasteiger partial charge >= 0.3 is 18.0 Å². The van der Waals surface area contributed by atoms with Gasteiger partial charge in [0.25, 0.3) is 5.91 Å². The summed E-state index contributed by atoms with van der Waals surface area (Å²) in [5.74, 6) is -8.25. The Kier molecular flexibility index (Phi) is 5.53. The van der Waals surface area contributed by atoms with Crippen molar-refractivity contribution in [2.75, 3.05) is 5.32 Å². The molecule has 0 spiro atoms. The monoisotopic (exact) mass is 416 g/mol. The van der Waals surface area contributed by atoms with Crippen molar-refractivity contribution in [1.82, 2.24) is 5.32 Å². The van der Waals surface area contributed by atoms with Crippen LogP contribution in [0.4, 0.5) is 45.2 Å². The van der Waals surface area contributed by atoms with E-state index < -0.39 is 52.6 Å². The Morgan fingerprint density at radius 1 is 0.750 bits per heavy atom. The number of benzene rings is 2. The summed E-state index contributed by atoms with van der Waals surface area (Å²) in [6.45, 7) is 0. The Balaban J connectivity index is 2.59. The number of nitrogens with one attached hydrogen (secondary N) is 2. The highest BCUT2D eigenvalue weighted by molar-refractivity contribution is 5.95. The molecule has 152 valence electrons. The van der Waals surface area contributed by atoms with E-state index in [0.29, 0.717) is 0 Å². The molecular formula is C16H9F9N2O. The number of alkyl halides is 6. The molecule has 0 saturated heterocycles. The fourth-order valence-corrected chi connectivity index (χ4v) is 2.13. The zero-order chi connectivity index (χ0) is 21.3. The van der Waals surface area contributed by atoms with Crippen LogP contribution >= 0.6 is 0 Å². The lowest BCUT2D eigenvalue weighted by atomic mass is 10.1. The van der Waals surface area contributed by atoms with Gasteiger partial charge in [0.1, 0.15) is 0 Å². The van der Waals surface area contributed by atoms with Crippen molar-refractivity contribution in [2.24, 2.45) is 0 Å². The predicted octanol–water partition coefficient (Wildman–Crippen LogP) is 4.77. The minimum Gasteiger partial charge on any atom is -0.345 e. The van der Waals surface area contributed by atoms with Crippen molar-refractivity contribution in [3.8, 4) is 0 Å². The third-order valence-electron chi connectivity index (χ3n) is 3.54. The van der Waals surface area contributed by atoms with E-state index in [4.69, 9.17) is 0 Å². The third kappa shape index (κ3) is 3.85. The molecule has 0 unspecified atom stereocenters. The van der Waals surface area contributed by atoms with Crippen LogP contribution in [-0.4, -0.2) is 23.9 Å². The molecule has 0 heterocycles. The first-order valence-electron chi connectivity index (χ1n) is 7.23. The normalized spacial score (nSPS) is 12.6.